The fourth-order valence-electron chi connectivity index (χ4n) is 2.59. The molecule has 0 aromatic heterocycles. The Bertz CT molecular complexity index is 435. The molecule has 3 nitrogen and oxygen atoms in total. The Kier molecular flexibility index (Phi) is 5.49. The van der Waals surface area contributed by atoms with Gasteiger partial charge in [0.25, 0.3) is 0 Å². The summed E-state index contributed by atoms with van der Waals surface area (Å²) < 4.78 is 0. The van der Waals surface area contributed by atoms with Crippen molar-refractivity contribution in [1.29, 1.82) is 0 Å². The third-order valence-electron chi connectivity index (χ3n) is 3.79. The Balaban J connectivity index is 1.92. The Labute approximate surface area is 125 Å². The molecule has 2 unspecified atom stereocenters. The van der Waals surface area contributed by atoms with Crippen LogP contribution in [0.2, 0.25) is 0 Å². The molecule has 1 aliphatic heterocycles. The van der Waals surface area contributed by atoms with Crippen molar-refractivity contribution in [1.82, 2.24) is 5.32 Å². The highest BCUT2D eigenvalue weighted by molar-refractivity contribution is 8.00. The molecule has 1 saturated heterocycles. The van der Waals surface area contributed by atoms with Gasteiger partial charge < -0.3 is 10.4 Å². The average Bonchev–Trinajstić information content (AvgIpc) is 2.88. The van der Waals surface area contributed by atoms with Gasteiger partial charge in [0, 0.05) is 17.0 Å². The third-order valence-corrected chi connectivity index (χ3v) is 5.55. The van der Waals surface area contributed by atoms with Gasteiger partial charge in [0.15, 0.2) is 0 Å². The molecular formula is C16H23NO2S. The molecule has 2 N–H and O–H groups in total. The van der Waals surface area contributed by atoms with E-state index in [0.717, 1.165) is 17.7 Å². The molecule has 1 heterocycles. The minimum Gasteiger partial charge on any atom is -0.480 e. The van der Waals surface area contributed by atoms with Crippen molar-refractivity contribution in [2.24, 2.45) is 5.92 Å². The number of hydrogen-bond acceptors (Lipinski definition) is 3. The van der Waals surface area contributed by atoms with E-state index < -0.39 is 12.0 Å². The lowest BCUT2D eigenvalue weighted by atomic mass is 10.0. The number of nitrogens with one attached hydrogen (secondary N) is 1. The minimum atomic E-state index is -0.758. The predicted octanol–water partition coefficient (Wildman–Crippen LogP) is 2.80. The molecule has 1 aliphatic rings. The first kappa shape index (κ1) is 15.4. The van der Waals surface area contributed by atoms with E-state index in [1.54, 1.807) is 0 Å². The molecule has 1 aromatic carbocycles. The van der Waals surface area contributed by atoms with Crippen LogP contribution in [0.5, 0.6) is 0 Å². The molecule has 0 bridgehead atoms. The summed E-state index contributed by atoms with van der Waals surface area (Å²) >= 11 is 1.96. The van der Waals surface area contributed by atoms with E-state index >= 15 is 0 Å². The van der Waals surface area contributed by atoms with Crippen LogP contribution in [0.3, 0.4) is 0 Å². The van der Waals surface area contributed by atoms with Crippen LogP contribution in [0.15, 0.2) is 30.3 Å². The maximum atomic E-state index is 11.4. The zero-order chi connectivity index (χ0) is 14.5. The second kappa shape index (κ2) is 7.14. The van der Waals surface area contributed by atoms with Crippen molar-refractivity contribution >= 4 is 17.7 Å². The number of benzene rings is 1. The highest BCUT2D eigenvalue weighted by Gasteiger charge is 2.30. The Morgan fingerprint density at radius 2 is 2.10 bits per heavy atom. The molecule has 1 aromatic rings. The first-order valence-corrected chi connectivity index (χ1v) is 8.25. The van der Waals surface area contributed by atoms with Gasteiger partial charge in [-0.05, 0) is 24.3 Å². The van der Waals surface area contributed by atoms with Crippen LogP contribution in [-0.4, -0.2) is 34.2 Å². The van der Waals surface area contributed by atoms with Gasteiger partial charge in [-0.1, -0.05) is 44.2 Å². The first-order valence-electron chi connectivity index (χ1n) is 7.20. The van der Waals surface area contributed by atoms with Gasteiger partial charge in [-0.3, -0.25) is 4.79 Å². The Morgan fingerprint density at radius 3 is 2.65 bits per heavy atom. The number of aliphatic carboxylic acids is 1. The summed E-state index contributed by atoms with van der Waals surface area (Å²) in [6, 6.07) is 9.65. The van der Waals surface area contributed by atoms with Crippen molar-refractivity contribution in [3.05, 3.63) is 35.9 Å². The monoisotopic (exact) mass is 293 g/mol. The van der Waals surface area contributed by atoms with Crippen molar-refractivity contribution in [2.75, 3.05) is 5.75 Å². The normalized spacial score (nSPS) is 23.9. The van der Waals surface area contributed by atoms with Crippen LogP contribution in [0.1, 0.15) is 25.8 Å². The van der Waals surface area contributed by atoms with E-state index in [1.165, 1.54) is 0 Å². The molecule has 1 fully saturated rings. The molecule has 0 amide bonds. The van der Waals surface area contributed by atoms with Gasteiger partial charge in [0.2, 0.25) is 0 Å². The fraction of sp³-hybridized carbons (Fsp3) is 0.562. The first-order chi connectivity index (χ1) is 9.56. The zero-order valence-corrected chi connectivity index (χ0v) is 12.9. The van der Waals surface area contributed by atoms with Gasteiger partial charge in [-0.15, -0.1) is 0 Å². The zero-order valence-electron chi connectivity index (χ0n) is 12.1. The summed E-state index contributed by atoms with van der Waals surface area (Å²) in [6.45, 7) is 4.47. The fourth-order valence-corrected chi connectivity index (χ4v) is 4.05. The number of carbonyl (C=O) groups is 1. The van der Waals surface area contributed by atoms with Gasteiger partial charge in [-0.2, -0.15) is 11.8 Å². The number of carboxylic acids is 1. The molecule has 3 atom stereocenters. The SMILES string of the molecule is CC(C)C1CC(N[C@H](Cc2ccccc2)C(=O)O)CS1. The van der Waals surface area contributed by atoms with Crippen LogP contribution in [0.4, 0.5) is 0 Å². The molecule has 4 heteroatoms. The molecule has 110 valence electrons. The van der Waals surface area contributed by atoms with Gasteiger partial charge >= 0.3 is 5.97 Å². The Hall–Kier alpha value is -1.00. The van der Waals surface area contributed by atoms with Crippen LogP contribution in [0.25, 0.3) is 0 Å². The molecule has 0 saturated carbocycles. The van der Waals surface area contributed by atoms with E-state index in [4.69, 9.17) is 0 Å². The van der Waals surface area contributed by atoms with Gasteiger partial charge in [0.05, 0.1) is 0 Å². The summed E-state index contributed by atoms with van der Waals surface area (Å²) in [4.78, 5) is 11.4. The second-order valence-corrected chi connectivity index (χ2v) is 7.07. The molecule has 2 rings (SSSR count). The van der Waals surface area contributed by atoms with Crippen molar-refractivity contribution in [2.45, 2.75) is 44.0 Å². The molecular weight excluding hydrogens is 270 g/mol. The number of hydrogen-bond donors (Lipinski definition) is 2. The van der Waals surface area contributed by atoms with E-state index in [1.807, 2.05) is 42.1 Å². The molecule has 0 spiro atoms. The Morgan fingerprint density at radius 1 is 1.40 bits per heavy atom. The largest absolute Gasteiger partial charge is 0.480 e. The van der Waals surface area contributed by atoms with Crippen LogP contribution >= 0.6 is 11.8 Å². The van der Waals surface area contributed by atoms with E-state index in [2.05, 4.69) is 19.2 Å². The maximum Gasteiger partial charge on any atom is 0.321 e. The lowest BCUT2D eigenvalue weighted by Gasteiger charge is -2.20. The lowest BCUT2D eigenvalue weighted by molar-refractivity contribution is -0.139. The second-order valence-electron chi connectivity index (χ2n) is 5.80. The highest BCUT2D eigenvalue weighted by Crippen LogP contribution is 2.32. The highest BCUT2D eigenvalue weighted by atomic mass is 32.2. The summed E-state index contributed by atoms with van der Waals surface area (Å²) in [5.74, 6) is 0.914. The maximum absolute atomic E-state index is 11.4. The number of rotatable bonds is 6. The summed E-state index contributed by atoms with van der Waals surface area (Å²) in [6.07, 6.45) is 1.62. The summed E-state index contributed by atoms with van der Waals surface area (Å²) in [5.41, 5.74) is 1.07. The van der Waals surface area contributed by atoms with Crippen molar-refractivity contribution < 1.29 is 9.90 Å². The van der Waals surface area contributed by atoms with E-state index in [-0.39, 0.29) is 0 Å². The van der Waals surface area contributed by atoms with E-state index in [9.17, 15) is 9.90 Å². The molecule has 0 aliphatic carbocycles. The number of carboxylic acid groups (broad SMARTS) is 1. The summed E-state index contributed by atoms with van der Waals surface area (Å²) in [7, 11) is 0. The average molecular weight is 293 g/mol. The van der Waals surface area contributed by atoms with Gasteiger partial charge in [-0.25, -0.2) is 0 Å². The lowest BCUT2D eigenvalue weighted by Crippen LogP contribution is -2.45. The molecule has 20 heavy (non-hydrogen) atoms. The van der Waals surface area contributed by atoms with Crippen LogP contribution in [-0.2, 0) is 11.2 Å². The predicted molar refractivity (Wildman–Crippen MR) is 84.2 cm³/mol. The molecule has 0 radical (unpaired) electrons. The quantitative estimate of drug-likeness (QED) is 0.847. The minimum absolute atomic E-state index is 0.317. The standard InChI is InChI=1S/C16H23NO2S/c1-11(2)15-9-13(10-20-15)17-14(16(18)19)8-12-6-4-3-5-7-12/h3-7,11,13-15,17H,8-10H2,1-2H3,(H,18,19)/t13?,14-,15?/m1/s1. The van der Waals surface area contributed by atoms with Crippen molar-refractivity contribution in [3.8, 4) is 0 Å². The number of thioether (sulfide) groups is 1. The van der Waals surface area contributed by atoms with Crippen LogP contribution in [0, 0.1) is 5.92 Å². The topological polar surface area (TPSA) is 49.3 Å². The summed E-state index contributed by atoms with van der Waals surface area (Å²) in [5, 5.41) is 13.4. The van der Waals surface area contributed by atoms with Crippen LogP contribution < -0.4 is 5.32 Å². The smallest absolute Gasteiger partial charge is 0.321 e. The van der Waals surface area contributed by atoms with Gasteiger partial charge in [0.1, 0.15) is 6.04 Å². The van der Waals surface area contributed by atoms with E-state index in [0.29, 0.717) is 23.6 Å². The van der Waals surface area contributed by atoms with Crippen molar-refractivity contribution in [3.63, 3.8) is 0 Å². The third kappa shape index (κ3) is 4.25.